The van der Waals surface area contributed by atoms with Crippen LogP contribution in [0.25, 0.3) is 11.1 Å². The normalized spacial score (nSPS) is 12.9. The molecule has 0 radical (unpaired) electrons. The second-order valence-corrected chi connectivity index (χ2v) is 14.1. The molecule has 8 nitrogen and oxygen atoms in total. The van der Waals surface area contributed by atoms with Gasteiger partial charge >= 0.3 is 24.3 Å². The Morgan fingerprint density at radius 3 is 1.39 bits per heavy atom. The molecule has 0 aliphatic rings. The number of rotatable bonds is 22. The Kier molecular flexibility index (Phi) is 17.2. The molecule has 0 fully saturated rings. The number of benzene rings is 4. The Hall–Kier alpha value is -5.08. The van der Waals surface area contributed by atoms with Crippen molar-refractivity contribution >= 4 is 11.9 Å². The maximum atomic E-state index is 14.3. The molecule has 0 spiro atoms. The van der Waals surface area contributed by atoms with Crippen LogP contribution in [-0.2, 0) is 61.8 Å². The first-order valence-corrected chi connectivity index (χ1v) is 19.5. The molecular weight excluding hydrogens is 782 g/mol. The topological polar surface area (TPSA) is 101 Å². The number of halogens is 6. The number of carbonyl (C=O) groups is 2. The van der Waals surface area contributed by atoms with Crippen LogP contribution in [0.1, 0.15) is 73.9 Å². The number of hydrogen-bond donors (Lipinski definition) is 1. The van der Waals surface area contributed by atoms with Gasteiger partial charge in [0.25, 0.3) is 0 Å². The van der Waals surface area contributed by atoms with Gasteiger partial charge in [0.05, 0.1) is 30.4 Å². The van der Waals surface area contributed by atoms with E-state index in [1.54, 1.807) is 76.2 Å². The molecule has 0 amide bonds. The zero-order valence-electron chi connectivity index (χ0n) is 33.5. The average molecular weight is 833 g/mol. The third-order valence-electron chi connectivity index (χ3n) is 9.20. The van der Waals surface area contributed by atoms with E-state index < -0.39 is 47.6 Å². The molecule has 1 N–H and O–H groups in total. The molecule has 320 valence electrons. The lowest BCUT2D eigenvalue weighted by Gasteiger charge is -2.18. The number of carbonyl (C=O) groups excluding carboxylic acids is 1. The lowest BCUT2D eigenvalue weighted by atomic mass is 9.93. The highest BCUT2D eigenvalue weighted by molar-refractivity contribution is 5.75. The van der Waals surface area contributed by atoms with E-state index in [9.17, 15) is 41.0 Å². The van der Waals surface area contributed by atoms with E-state index >= 15 is 0 Å². The minimum absolute atomic E-state index is 0.000102. The molecule has 4 aromatic carbocycles. The van der Waals surface area contributed by atoms with Crippen LogP contribution in [-0.4, -0.2) is 61.8 Å². The van der Waals surface area contributed by atoms with Gasteiger partial charge in [-0.3, -0.25) is 0 Å². The summed E-state index contributed by atoms with van der Waals surface area (Å²) in [7, 11) is 0. The second kappa shape index (κ2) is 21.8. The van der Waals surface area contributed by atoms with Crippen LogP contribution in [0.15, 0.2) is 84.9 Å². The number of carboxylic acids is 1. The van der Waals surface area contributed by atoms with Crippen molar-refractivity contribution < 1.29 is 64.7 Å². The van der Waals surface area contributed by atoms with E-state index in [0.29, 0.717) is 30.1 Å². The highest BCUT2D eigenvalue weighted by atomic mass is 19.4. The fourth-order valence-electron chi connectivity index (χ4n) is 6.39. The molecule has 14 heteroatoms. The van der Waals surface area contributed by atoms with Gasteiger partial charge in [0.2, 0.25) is 0 Å². The molecule has 0 aliphatic carbocycles. The van der Waals surface area contributed by atoms with E-state index in [2.05, 4.69) is 0 Å². The largest absolute Gasteiger partial charge is 0.494 e. The SMILES string of the molecule is CCOC(Cc1ccc(OCCCc2ccc(-c3ccc(CCCOc4ccc(C[C@H](OCC)C(=O)O)cc4)c(C(F)(F)F)c3)cc2C(F)(F)F)cc1)C(=O)OC(C)C. The highest BCUT2D eigenvalue weighted by Crippen LogP contribution is 2.39. The number of carboxylic acid groups (broad SMARTS) is 1. The van der Waals surface area contributed by atoms with Crippen LogP contribution in [0, 0.1) is 0 Å². The van der Waals surface area contributed by atoms with E-state index in [1.165, 1.54) is 24.3 Å². The molecule has 0 bridgehead atoms. The van der Waals surface area contributed by atoms with Crippen molar-refractivity contribution in [2.24, 2.45) is 0 Å². The number of aliphatic carboxylic acids is 1. The van der Waals surface area contributed by atoms with Crippen molar-refractivity contribution in [3.63, 3.8) is 0 Å². The summed E-state index contributed by atoms with van der Waals surface area (Å²) in [6.07, 6.45) is -10.6. The molecule has 4 rings (SSSR count). The minimum atomic E-state index is -4.75. The van der Waals surface area contributed by atoms with Gasteiger partial charge < -0.3 is 28.8 Å². The Morgan fingerprint density at radius 1 is 0.610 bits per heavy atom. The summed E-state index contributed by atoms with van der Waals surface area (Å²) in [5, 5.41) is 9.29. The Bertz CT molecular complexity index is 1940. The zero-order chi connectivity index (χ0) is 43.2. The molecule has 59 heavy (non-hydrogen) atoms. The highest BCUT2D eigenvalue weighted by Gasteiger charge is 2.35. The average Bonchev–Trinajstić information content (AvgIpc) is 3.18. The molecule has 0 saturated heterocycles. The van der Waals surface area contributed by atoms with E-state index in [0.717, 1.165) is 17.7 Å². The molecule has 4 aromatic rings. The first-order valence-electron chi connectivity index (χ1n) is 19.5. The monoisotopic (exact) mass is 832 g/mol. The summed E-state index contributed by atoms with van der Waals surface area (Å²) in [4.78, 5) is 23.7. The van der Waals surface area contributed by atoms with Crippen molar-refractivity contribution in [3.8, 4) is 22.6 Å². The first kappa shape index (κ1) is 46.6. The Balaban J connectivity index is 1.35. The maximum Gasteiger partial charge on any atom is 0.416 e. The molecule has 1 unspecified atom stereocenters. The lowest BCUT2D eigenvalue weighted by molar-refractivity contribution is -0.160. The summed E-state index contributed by atoms with van der Waals surface area (Å²) in [6.45, 7) is 7.77. The van der Waals surface area contributed by atoms with Crippen molar-refractivity contribution in [2.45, 2.75) is 96.9 Å². The predicted octanol–water partition coefficient (Wildman–Crippen LogP) is 10.3. The summed E-state index contributed by atoms with van der Waals surface area (Å²) < 4.78 is 113. The van der Waals surface area contributed by atoms with Gasteiger partial charge in [0, 0.05) is 26.1 Å². The van der Waals surface area contributed by atoms with Gasteiger partial charge in [-0.15, -0.1) is 0 Å². The summed E-state index contributed by atoms with van der Waals surface area (Å²) in [6, 6.07) is 20.7. The number of aryl methyl sites for hydroxylation is 2. The smallest absolute Gasteiger partial charge is 0.416 e. The van der Waals surface area contributed by atoms with Crippen LogP contribution < -0.4 is 9.47 Å². The third-order valence-corrected chi connectivity index (χ3v) is 9.20. The molecule has 0 heterocycles. The van der Waals surface area contributed by atoms with Crippen LogP contribution >= 0.6 is 0 Å². The summed E-state index contributed by atoms with van der Waals surface area (Å²) in [5.74, 6) is -0.579. The standard InChI is InChI=1S/C45H50F6O8/c1-5-55-40(42(52)53)25-30-11-19-36(20-12-30)57-23-7-9-32-15-17-34(27-38(32)44(46,47)48)35-18-16-33(39(28-35)45(49,50)51)10-8-24-58-37-21-13-31(14-22-37)26-41(56-6-2)43(54)59-29(3)4/h11-22,27-29,40-41H,5-10,23-26H2,1-4H3,(H,52,53)/t40-,41?/m0/s1. The molecule has 0 aliphatic heterocycles. The number of ether oxygens (including phenoxy) is 5. The van der Waals surface area contributed by atoms with Crippen molar-refractivity contribution in [3.05, 3.63) is 118 Å². The van der Waals surface area contributed by atoms with Crippen LogP contribution in [0.5, 0.6) is 11.5 Å². The number of hydrogen-bond acceptors (Lipinski definition) is 7. The predicted molar refractivity (Wildman–Crippen MR) is 209 cm³/mol. The zero-order valence-corrected chi connectivity index (χ0v) is 33.5. The van der Waals surface area contributed by atoms with E-state index in [-0.39, 0.29) is 80.3 Å². The lowest BCUT2D eigenvalue weighted by Crippen LogP contribution is -2.30. The number of alkyl halides is 6. The van der Waals surface area contributed by atoms with Gasteiger partial charge in [-0.2, -0.15) is 26.3 Å². The summed E-state index contributed by atoms with van der Waals surface area (Å²) >= 11 is 0. The fourth-order valence-corrected chi connectivity index (χ4v) is 6.39. The van der Waals surface area contributed by atoms with Crippen molar-refractivity contribution in [1.82, 2.24) is 0 Å². The van der Waals surface area contributed by atoms with Gasteiger partial charge in [-0.1, -0.05) is 48.5 Å². The van der Waals surface area contributed by atoms with Crippen LogP contribution in [0.4, 0.5) is 26.3 Å². The molecule has 2 atom stereocenters. The summed E-state index contributed by atoms with van der Waals surface area (Å²) in [5.41, 5.74) is -0.368. The third kappa shape index (κ3) is 14.6. The number of esters is 1. The molecule has 0 saturated carbocycles. The maximum absolute atomic E-state index is 14.3. The van der Waals surface area contributed by atoms with E-state index in [4.69, 9.17) is 23.7 Å². The minimum Gasteiger partial charge on any atom is -0.494 e. The Labute approximate surface area is 340 Å². The van der Waals surface area contributed by atoms with E-state index in [1.807, 2.05) is 0 Å². The van der Waals surface area contributed by atoms with Gasteiger partial charge in [-0.25, -0.2) is 9.59 Å². The second-order valence-electron chi connectivity index (χ2n) is 14.1. The fraction of sp³-hybridized carbons (Fsp3) is 0.422. The van der Waals surface area contributed by atoms with Crippen LogP contribution in [0.3, 0.4) is 0 Å². The van der Waals surface area contributed by atoms with Crippen molar-refractivity contribution in [1.29, 1.82) is 0 Å². The molecule has 0 aromatic heterocycles. The first-order chi connectivity index (χ1) is 28.0. The van der Waals surface area contributed by atoms with Crippen LogP contribution in [0.2, 0.25) is 0 Å². The Morgan fingerprint density at radius 2 is 1.02 bits per heavy atom. The van der Waals surface area contributed by atoms with Crippen molar-refractivity contribution in [2.75, 3.05) is 26.4 Å². The molecular formula is C45H50F6O8. The van der Waals surface area contributed by atoms with Gasteiger partial charge in [0.1, 0.15) is 11.5 Å². The quantitative estimate of drug-likeness (QED) is 0.0475. The van der Waals surface area contributed by atoms with Gasteiger partial charge in [0.15, 0.2) is 12.2 Å². The van der Waals surface area contributed by atoms with Gasteiger partial charge in [-0.05, 0) is 123 Å².